The topological polar surface area (TPSA) is 73.5 Å². The van der Waals surface area contributed by atoms with Gasteiger partial charge in [-0.2, -0.15) is 0 Å². The molecule has 3 amide bonds. The molecule has 3 rings (SSSR count). The SMILES string of the molecule is O=C(NCC1CCCCN1C(=O)C1CCNCC1)Nc1ccccc1. The first-order chi connectivity index (χ1) is 12.2. The van der Waals surface area contributed by atoms with E-state index in [1.54, 1.807) is 0 Å². The van der Waals surface area contributed by atoms with Gasteiger partial charge < -0.3 is 20.9 Å². The van der Waals surface area contributed by atoms with E-state index in [-0.39, 0.29) is 23.9 Å². The molecule has 0 saturated carbocycles. The molecule has 1 aromatic rings. The molecular weight excluding hydrogens is 316 g/mol. The van der Waals surface area contributed by atoms with Crippen molar-refractivity contribution in [2.24, 2.45) is 5.92 Å². The van der Waals surface area contributed by atoms with Gasteiger partial charge in [0, 0.05) is 30.7 Å². The van der Waals surface area contributed by atoms with Crippen LogP contribution < -0.4 is 16.0 Å². The highest BCUT2D eigenvalue weighted by Gasteiger charge is 2.32. The van der Waals surface area contributed by atoms with E-state index < -0.39 is 0 Å². The summed E-state index contributed by atoms with van der Waals surface area (Å²) in [4.78, 5) is 27.0. The molecule has 6 nitrogen and oxygen atoms in total. The van der Waals surface area contributed by atoms with Crippen LogP contribution in [0.3, 0.4) is 0 Å². The van der Waals surface area contributed by atoms with Crippen LogP contribution >= 0.6 is 0 Å². The van der Waals surface area contributed by atoms with Crippen LogP contribution in [0, 0.1) is 5.92 Å². The van der Waals surface area contributed by atoms with Gasteiger partial charge >= 0.3 is 6.03 Å². The van der Waals surface area contributed by atoms with Crippen LogP contribution in [0.25, 0.3) is 0 Å². The highest BCUT2D eigenvalue weighted by atomic mass is 16.2. The van der Waals surface area contributed by atoms with E-state index in [1.165, 1.54) is 0 Å². The average Bonchev–Trinajstić information content (AvgIpc) is 2.67. The average molecular weight is 344 g/mol. The number of likely N-dealkylation sites (tertiary alicyclic amines) is 1. The van der Waals surface area contributed by atoms with Crippen LogP contribution in [0.15, 0.2) is 30.3 Å². The summed E-state index contributed by atoms with van der Waals surface area (Å²) in [7, 11) is 0. The van der Waals surface area contributed by atoms with E-state index >= 15 is 0 Å². The van der Waals surface area contributed by atoms with Gasteiger partial charge in [0.25, 0.3) is 0 Å². The molecule has 0 aromatic heterocycles. The Morgan fingerprint density at radius 1 is 1.08 bits per heavy atom. The van der Waals surface area contributed by atoms with Gasteiger partial charge in [-0.25, -0.2) is 4.79 Å². The zero-order chi connectivity index (χ0) is 17.5. The van der Waals surface area contributed by atoms with Crippen LogP contribution in [0.4, 0.5) is 10.5 Å². The standard InChI is InChI=1S/C19H28N4O2/c24-18(15-9-11-20-12-10-15)23-13-5-4-8-17(23)14-21-19(25)22-16-6-2-1-3-7-16/h1-3,6-7,15,17,20H,4-5,8-14H2,(H2,21,22,25). The fourth-order valence-electron chi connectivity index (χ4n) is 3.71. The molecule has 1 atom stereocenters. The van der Waals surface area contributed by atoms with Crippen LogP contribution in [0.1, 0.15) is 32.1 Å². The molecule has 2 fully saturated rings. The summed E-state index contributed by atoms with van der Waals surface area (Å²) >= 11 is 0. The predicted octanol–water partition coefficient (Wildman–Crippen LogP) is 2.19. The fourth-order valence-corrected chi connectivity index (χ4v) is 3.71. The van der Waals surface area contributed by atoms with Gasteiger partial charge in [-0.15, -0.1) is 0 Å². The molecule has 2 heterocycles. The lowest BCUT2D eigenvalue weighted by molar-refractivity contribution is -0.140. The van der Waals surface area contributed by atoms with E-state index in [0.29, 0.717) is 6.54 Å². The van der Waals surface area contributed by atoms with E-state index in [1.807, 2.05) is 35.2 Å². The van der Waals surface area contributed by atoms with Gasteiger partial charge in [-0.3, -0.25) is 4.79 Å². The Bertz CT molecular complexity index is 572. The second kappa shape index (κ2) is 8.85. The normalized spacial score (nSPS) is 21.6. The largest absolute Gasteiger partial charge is 0.338 e. The molecule has 6 heteroatoms. The lowest BCUT2D eigenvalue weighted by Gasteiger charge is -2.38. The van der Waals surface area contributed by atoms with Crippen molar-refractivity contribution < 1.29 is 9.59 Å². The van der Waals surface area contributed by atoms with E-state index in [9.17, 15) is 9.59 Å². The Hall–Kier alpha value is -2.08. The number of benzene rings is 1. The van der Waals surface area contributed by atoms with Crippen molar-refractivity contribution in [3.63, 3.8) is 0 Å². The van der Waals surface area contributed by atoms with Gasteiger partial charge in [0.1, 0.15) is 0 Å². The number of carbonyl (C=O) groups is 2. The number of nitrogens with one attached hydrogen (secondary N) is 3. The maximum atomic E-state index is 12.9. The number of urea groups is 1. The first-order valence-electron chi connectivity index (χ1n) is 9.35. The molecule has 2 aliphatic rings. The van der Waals surface area contributed by atoms with Crippen molar-refractivity contribution in [3.05, 3.63) is 30.3 Å². The Morgan fingerprint density at radius 2 is 1.84 bits per heavy atom. The predicted molar refractivity (Wildman–Crippen MR) is 98.4 cm³/mol. The van der Waals surface area contributed by atoms with Crippen LogP contribution in [-0.2, 0) is 4.79 Å². The van der Waals surface area contributed by atoms with Crippen molar-refractivity contribution in [1.29, 1.82) is 0 Å². The number of piperidine rings is 2. The maximum absolute atomic E-state index is 12.9. The zero-order valence-corrected chi connectivity index (χ0v) is 14.7. The highest BCUT2D eigenvalue weighted by molar-refractivity contribution is 5.89. The lowest BCUT2D eigenvalue weighted by atomic mass is 9.93. The third-order valence-corrected chi connectivity index (χ3v) is 5.13. The van der Waals surface area contributed by atoms with Gasteiger partial charge in [-0.1, -0.05) is 18.2 Å². The number of rotatable bonds is 4. The second-order valence-electron chi connectivity index (χ2n) is 6.91. The summed E-state index contributed by atoms with van der Waals surface area (Å²) in [5.41, 5.74) is 0.770. The minimum absolute atomic E-state index is 0.109. The molecule has 2 aliphatic heterocycles. The number of hydrogen-bond donors (Lipinski definition) is 3. The lowest BCUT2D eigenvalue weighted by Crippen LogP contribution is -2.52. The van der Waals surface area contributed by atoms with Crippen molar-refractivity contribution in [1.82, 2.24) is 15.5 Å². The zero-order valence-electron chi connectivity index (χ0n) is 14.7. The summed E-state index contributed by atoms with van der Waals surface area (Å²) in [5, 5.41) is 9.07. The molecule has 0 aliphatic carbocycles. The molecule has 1 unspecified atom stereocenters. The molecule has 0 bridgehead atoms. The van der Waals surface area contributed by atoms with E-state index in [2.05, 4.69) is 16.0 Å². The van der Waals surface area contributed by atoms with Crippen LogP contribution in [-0.4, -0.2) is 49.1 Å². The van der Waals surface area contributed by atoms with Crippen LogP contribution in [0.5, 0.6) is 0 Å². The third-order valence-electron chi connectivity index (χ3n) is 5.13. The molecule has 0 spiro atoms. The summed E-state index contributed by atoms with van der Waals surface area (Å²) in [6.07, 6.45) is 4.97. The van der Waals surface area contributed by atoms with Crippen molar-refractivity contribution in [3.8, 4) is 0 Å². The molecule has 25 heavy (non-hydrogen) atoms. The Kier molecular flexibility index (Phi) is 6.28. The summed E-state index contributed by atoms with van der Waals surface area (Å²) < 4.78 is 0. The van der Waals surface area contributed by atoms with E-state index in [4.69, 9.17) is 0 Å². The first kappa shape index (κ1) is 17.7. The van der Waals surface area contributed by atoms with Crippen molar-refractivity contribution in [2.75, 3.05) is 31.5 Å². The number of carbonyl (C=O) groups excluding carboxylic acids is 2. The molecule has 1 aromatic carbocycles. The second-order valence-corrected chi connectivity index (χ2v) is 6.91. The summed E-state index contributed by atoms with van der Waals surface area (Å²) in [6.45, 7) is 3.17. The van der Waals surface area contributed by atoms with Crippen molar-refractivity contribution >= 4 is 17.6 Å². The fraction of sp³-hybridized carbons (Fsp3) is 0.579. The van der Waals surface area contributed by atoms with Gasteiger partial charge in [-0.05, 0) is 57.3 Å². The Labute approximate surface area is 149 Å². The maximum Gasteiger partial charge on any atom is 0.319 e. The smallest absolute Gasteiger partial charge is 0.319 e. The number of anilines is 1. The van der Waals surface area contributed by atoms with Gasteiger partial charge in [0.15, 0.2) is 0 Å². The molecular formula is C19H28N4O2. The van der Waals surface area contributed by atoms with Crippen LogP contribution in [0.2, 0.25) is 0 Å². The Balaban J connectivity index is 1.52. The molecule has 0 radical (unpaired) electrons. The minimum atomic E-state index is -0.217. The highest BCUT2D eigenvalue weighted by Crippen LogP contribution is 2.22. The monoisotopic (exact) mass is 344 g/mol. The van der Waals surface area contributed by atoms with Crippen molar-refractivity contribution in [2.45, 2.75) is 38.1 Å². The number of hydrogen-bond acceptors (Lipinski definition) is 3. The number of para-hydroxylation sites is 1. The molecule has 3 N–H and O–H groups in total. The third kappa shape index (κ3) is 4.95. The quantitative estimate of drug-likeness (QED) is 0.784. The van der Waals surface area contributed by atoms with E-state index in [0.717, 1.165) is 57.4 Å². The molecule has 136 valence electrons. The minimum Gasteiger partial charge on any atom is -0.338 e. The number of amides is 3. The summed E-state index contributed by atoms with van der Waals surface area (Å²) in [5.74, 6) is 0.413. The molecule has 2 saturated heterocycles. The van der Waals surface area contributed by atoms with Gasteiger partial charge in [0.2, 0.25) is 5.91 Å². The first-order valence-corrected chi connectivity index (χ1v) is 9.35. The van der Waals surface area contributed by atoms with Gasteiger partial charge in [0.05, 0.1) is 0 Å². The summed E-state index contributed by atoms with van der Waals surface area (Å²) in [6, 6.07) is 9.28. The Morgan fingerprint density at radius 3 is 2.60 bits per heavy atom. The number of nitrogens with zero attached hydrogens (tertiary/aromatic N) is 1.